The van der Waals surface area contributed by atoms with E-state index in [1.165, 1.54) is 0 Å². The summed E-state index contributed by atoms with van der Waals surface area (Å²) in [5, 5.41) is 0.614. The van der Waals surface area contributed by atoms with Gasteiger partial charge in [0.05, 0.1) is 11.3 Å². The van der Waals surface area contributed by atoms with Crippen molar-refractivity contribution in [1.29, 1.82) is 0 Å². The van der Waals surface area contributed by atoms with E-state index in [1.807, 2.05) is 67.6 Å². The van der Waals surface area contributed by atoms with E-state index in [0.29, 0.717) is 41.8 Å². The summed E-state index contributed by atoms with van der Waals surface area (Å²) in [5.41, 5.74) is 3.24. The lowest BCUT2D eigenvalue weighted by molar-refractivity contribution is -0.130. The molecule has 0 radical (unpaired) electrons. The van der Waals surface area contributed by atoms with Gasteiger partial charge in [-0.05, 0) is 31.2 Å². The first-order valence-corrected chi connectivity index (χ1v) is 11.3. The summed E-state index contributed by atoms with van der Waals surface area (Å²) in [6, 6.07) is 22.2. The second-order valence-electron chi connectivity index (χ2n) is 8.45. The maximum atomic E-state index is 13.1. The van der Waals surface area contributed by atoms with Crippen LogP contribution in [0, 0.1) is 0 Å². The minimum atomic E-state index is -0.574. The van der Waals surface area contributed by atoms with Crippen molar-refractivity contribution in [1.82, 2.24) is 19.8 Å². The van der Waals surface area contributed by atoms with Crippen molar-refractivity contribution in [3.8, 4) is 11.3 Å². The zero-order valence-corrected chi connectivity index (χ0v) is 18.8. The van der Waals surface area contributed by atoms with Gasteiger partial charge in [-0.25, -0.2) is 4.98 Å². The lowest BCUT2D eigenvalue weighted by Gasteiger charge is -2.39. The predicted octanol–water partition coefficient (Wildman–Crippen LogP) is 3.79. The average molecular weight is 453 g/mol. The number of pyridine rings is 1. The molecule has 0 unspecified atom stereocenters. The number of rotatable bonds is 4. The Hall–Kier alpha value is -4.26. The summed E-state index contributed by atoms with van der Waals surface area (Å²) >= 11 is 0. The number of hydrogen-bond donors (Lipinski definition) is 1. The Kier molecular flexibility index (Phi) is 5.67. The van der Waals surface area contributed by atoms with Gasteiger partial charge in [-0.2, -0.15) is 0 Å². The van der Waals surface area contributed by atoms with Crippen molar-refractivity contribution in [2.75, 3.05) is 19.6 Å². The molecule has 34 heavy (non-hydrogen) atoms. The van der Waals surface area contributed by atoms with Crippen molar-refractivity contribution in [2.45, 2.75) is 13.0 Å². The Morgan fingerprint density at radius 2 is 1.62 bits per heavy atom. The van der Waals surface area contributed by atoms with Crippen molar-refractivity contribution in [2.24, 2.45) is 0 Å². The number of aromatic nitrogens is 2. The maximum Gasteiger partial charge on any atom is 0.295 e. The monoisotopic (exact) mass is 452 g/mol. The summed E-state index contributed by atoms with van der Waals surface area (Å²) in [6.45, 7) is 2.93. The van der Waals surface area contributed by atoms with E-state index in [4.69, 9.17) is 0 Å². The minimum absolute atomic E-state index is 0.0669. The van der Waals surface area contributed by atoms with E-state index in [0.717, 1.165) is 11.3 Å². The molecule has 1 atom stereocenters. The van der Waals surface area contributed by atoms with Gasteiger partial charge in [0.15, 0.2) is 0 Å². The summed E-state index contributed by atoms with van der Waals surface area (Å²) in [5.74, 6) is -1.20. The highest BCUT2D eigenvalue weighted by atomic mass is 16.2. The van der Waals surface area contributed by atoms with Crippen LogP contribution in [0.15, 0.2) is 79.0 Å². The number of H-pyrrole nitrogens is 1. The van der Waals surface area contributed by atoms with Gasteiger partial charge in [-0.3, -0.25) is 14.4 Å². The molecular formula is C27H24N4O3. The molecule has 7 nitrogen and oxygen atoms in total. The Morgan fingerprint density at radius 1 is 0.912 bits per heavy atom. The molecule has 1 aliphatic heterocycles. The van der Waals surface area contributed by atoms with Crippen molar-refractivity contribution in [3.05, 3.63) is 90.1 Å². The van der Waals surface area contributed by atoms with Crippen LogP contribution in [0.1, 0.15) is 27.6 Å². The number of hydrogen-bond acceptors (Lipinski definition) is 4. The highest BCUT2D eigenvalue weighted by Gasteiger charge is 2.34. The normalized spacial score (nSPS) is 16.0. The number of Topliss-reactive ketones (excluding diaryl/α,β-unsaturated/α-hetero) is 1. The fourth-order valence-electron chi connectivity index (χ4n) is 4.42. The Balaban J connectivity index is 1.31. The van der Waals surface area contributed by atoms with Crippen LogP contribution in [0.4, 0.5) is 0 Å². The number of piperazine rings is 1. The molecule has 2 aromatic carbocycles. The van der Waals surface area contributed by atoms with Crippen LogP contribution in [0.5, 0.6) is 0 Å². The van der Waals surface area contributed by atoms with Gasteiger partial charge in [-0.1, -0.05) is 48.5 Å². The molecule has 0 spiro atoms. The van der Waals surface area contributed by atoms with Crippen LogP contribution in [-0.2, 0) is 4.79 Å². The SMILES string of the molecule is C[C@@H]1CN(C(=O)c2ccccc2)CCN1C(=O)C(=O)c1c[nH]c2nc(-c3ccccc3)ccc12. The van der Waals surface area contributed by atoms with Crippen LogP contribution in [0.25, 0.3) is 22.3 Å². The van der Waals surface area contributed by atoms with E-state index in [2.05, 4.69) is 9.97 Å². The molecule has 7 heteroatoms. The van der Waals surface area contributed by atoms with E-state index < -0.39 is 11.7 Å². The fraction of sp³-hybridized carbons (Fsp3) is 0.185. The zero-order valence-electron chi connectivity index (χ0n) is 18.8. The van der Waals surface area contributed by atoms with Crippen LogP contribution in [0.2, 0.25) is 0 Å². The molecular weight excluding hydrogens is 428 g/mol. The number of carbonyl (C=O) groups excluding carboxylic acids is 3. The van der Waals surface area contributed by atoms with Crippen LogP contribution in [0.3, 0.4) is 0 Å². The van der Waals surface area contributed by atoms with Gasteiger partial charge in [-0.15, -0.1) is 0 Å². The molecule has 2 amide bonds. The quantitative estimate of drug-likeness (QED) is 0.377. The molecule has 0 bridgehead atoms. The summed E-state index contributed by atoms with van der Waals surface area (Å²) in [4.78, 5) is 50.0. The zero-order chi connectivity index (χ0) is 23.7. The second kappa shape index (κ2) is 8.94. The van der Waals surface area contributed by atoms with Gasteiger partial charge in [0.25, 0.3) is 17.6 Å². The first-order chi connectivity index (χ1) is 16.5. The lowest BCUT2D eigenvalue weighted by atomic mass is 10.1. The third-order valence-electron chi connectivity index (χ3n) is 6.24. The van der Waals surface area contributed by atoms with Crippen molar-refractivity contribution >= 4 is 28.6 Å². The number of benzene rings is 2. The van der Waals surface area contributed by atoms with Crippen LogP contribution >= 0.6 is 0 Å². The molecule has 2 aromatic heterocycles. The minimum Gasteiger partial charge on any atom is -0.345 e. The number of carbonyl (C=O) groups is 3. The molecule has 170 valence electrons. The molecule has 1 aliphatic rings. The Morgan fingerprint density at radius 3 is 2.32 bits per heavy atom. The topological polar surface area (TPSA) is 86.4 Å². The van der Waals surface area contributed by atoms with E-state index >= 15 is 0 Å². The molecule has 1 N–H and O–H groups in total. The third-order valence-corrected chi connectivity index (χ3v) is 6.24. The molecule has 3 heterocycles. The smallest absolute Gasteiger partial charge is 0.295 e. The van der Waals surface area contributed by atoms with E-state index in [1.54, 1.807) is 28.1 Å². The van der Waals surface area contributed by atoms with Gasteiger partial charge >= 0.3 is 0 Å². The fourth-order valence-corrected chi connectivity index (χ4v) is 4.42. The highest BCUT2D eigenvalue weighted by Crippen LogP contribution is 2.24. The van der Waals surface area contributed by atoms with E-state index in [9.17, 15) is 14.4 Å². The maximum absolute atomic E-state index is 13.1. The lowest BCUT2D eigenvalue weighted by Crippen LogP contribution is -2.56. The number of ketones is 1. The van der Waals surface area contributed by atoms with Crippen molar-refractivity contribution < 1.29 is 14.4 Å². The molecule has 0 saturated carbocycles. The van der Waals surface area contributed by atoms with Gasteiger partial charge in [0, 0.05) is 48.4 Å². The Labute approximate surface area is 197 Å². The number of nitrogens with one attached hydrogen (secondary N) is 1. The largest absolute Gasteiger partial charge is 0.345 e. The van der Waals surface area contributed by atoms with Crippen LogP contribution in [-0.4, -0.2) is 63.0 Å². The molecule has 1 saturated heterocycles. The Bertz CT molecular complexity index is 1360. The summed E-state index contributed by atoms with van der Waals surface area (Å²) in [6.07, 6.45) is 1.55. The van der Waals surface area contributed by atoms with Gasteiger partial charge in [0.1, 0.15) is 5.65 Å². The molecule has 4 aromatic rings. The summed E-state index contributed by atoms with van der Waals surface area (Å²) in [7, 11) is 0. The average Bonchev–Trinajstić information content (AvgIpc) is 3.31. The van der Waals surface area contributed by atoms with Crippen LogP contribution < -0.4 is 0 Å². The highest BCUT2D eigenvalue weighted by molar-refractivity contribution is 6.44. The number of nitrogens with zero attached hydrogens (tertiary/aromatic N) is 3. The first kappa shape index (κ1) is 21.6. The third kappa shape index (κ3) is 3.96. The van der Waals surface area contributed by atoms with Gasteiger partial charge in [0.2, 0.25) is 0 Å². The van der Waals surface area contributed by atoms with Gasteiger partial charge < -0.3 is 14.8 Å². The predicted molar refractivity (Wildman–Crippen MR) is 129 cm³/mol. The molecule has 1 fully saturated rings. The first-order valence-electron chi connectivity index (χ1n) is 11.3. The molecule has 5 rings (SSSR count). The number of fused-ring (bicyclic) bond motifs is 1. The van der Waals surface area contributed by atoms with Crippen molar-refractivity contribution in [3.63, 3.8) is 0 Å². The second-order valence-corrected chi connectivity index (χ2v) is 8.45. The number of aromatic amines is 1. The standard InChI is InChI=1S/C27H24N4O3/c1-18-17-30(26(33)20-10-6-3-7-11-20)14-15-31(18)27(34)24(32)22-16-28-25-21(22)12-13-23(29-25)19-8-4-2-5-9-19/h2-13,16,18H,14-15,17H2,1H3,(H,28,29)/t18-/m1/s1. The summed E-state index contributed by atoms with van der Waals surface area (Å²) < 4.78 is 0. The molecule has 0 aliphatic carbocycles. The van der Waals surface area contributed by atoms with E-state index in [-0.39, 0.29) is 11.9 Å². The number of amides is 2.